The number of esters is 1. The molecule has 0 aliphatic carbocycles. The fraction of sp³-hybridized carbons (Fsp3) is 0.435. The molecular weight excluding hydrogens is 416 g/mol. The molecule has 0 aliphatic heterocycles. The number of carbonyl (C=O) groups excluding carboxylic acids is 1. The minimum absolute atomic E-state index is 0.0180. The van der Waals surface area contributed by atoms with Crippen LogP contribution in [0.25, 0.3) is 0 Å². The largest absolute Gasteiger partial charge is 0.491 e. The van der Waals surface area contributed by atoms with E-state index in [1.54, 1.807) is 24.3 Å². The number of nitrogens with one attached hydrogen (secondary N) is 1. The average molecular weight is 447 g/mol. The third kappa shape index (κ3) is 9.76. The molecule has 32 heavy (non-hydrogen) atoms. The summed E-state index contributed by atoms with van der Waals surface area (Å²) in [4.78, 5) is 22.2. The zero-order valence-electron chi connectivity index (χ0n) is 18.3. The lowest BCUT2D eigenvalue weighted by Gasteiger charge is -2.09. The van der Waals surface area contributed by atoms with E-state index in [-0.39, 0.29) is 24.9 Å². The summed E-state index contributed by atoms with van der Waals surface area (Å²) in [6, 6.07) is 13.1. The number of nitro groups is 1. The highest BCUT2D eigenvalue weighted by atomic mass is 16.6. The smallest absolute Gasteiger partial charge is 0.338 e. The van der Waals surface area contributed by atoms with E-state index in [1.807, 2.05) is 12.1 Å². The predicted molar refractivity (Wildman–Crippen MR) is 120 cm³/mol. The van der Waals surface area contributed by atoms with Crippen LogP contribution in [-0.4, -0.2) is 57.1 Å². The maximum absolute atomic E-state index is 12.0. The van der Waals surface area contributed by atoms with Crippen molar-refractivity contribution in [2.75, 3.05) is 51.5 Å². The predicted octanol–water partition coefficient (Wildman–Crippen LogP) is 4.08. The first-order chi connectivity index (χ1) is 15.6. The summed E-state index contributed by atoms with van der Waals surface area (Å²) in [6.45, 7) is 4.93. The SMILES string of the molecule is CCCCNc1ccc(C(=O)OCCOCCOCCOc2ccc([N+](=O)[O-])cc2)cc1. The van der Waals surface area contributed by atoms with Crippen LogP contribution in [0.1, 0.15) is 30.1 Å². The molecule has 2 aromatic carbocycles. The number of benzene rings is 2. The van der Waals surface area contributed by atoms with Crippen molar-refractivity contribution in [1.82, 2.24) is 0 Å². The molecule has 9 heteroatoms. The van der Waals surface area contributed by atoms with Gasteiger partial charge in [-0.25, -0.2) is 4.79 Å². The van der Waals surface area contributed by atoms with Crippen LogP contribution in [-0.2, 0) is 14.2 Å². The fourth-order valence-corrected chi connectivity index (χ4v) is 2.61. The number of ether oxygens (including phenoxy) is 4. The van der Waals surface area contributed by atoms with E-state index >= 15 is 0 Å². The molecule has 0 fully saturated rings. The van der Waals surface area contributed by atoms with Gasteiger partial charge in [-0.15, -0.1) is 0 Å². The molecule has 174 valence electrons. The zero-order chi connectivity index (χ0) is 23.0. The van der Waals surface area contributed by atoms with Crippen LogP contribution < -0.4 is 10.1 Å². The lowest BCUT2D eigenvalue weighted by molar-refractivity contribution is -0.384. The third-order valence-corrected chi connectivity index (χ3v) is 4.36. The van der Waals surface area contributed by atoms with Crippen molar-refractivity contribution in [3.05, 3.63) is 64.2 Å². The van der Waals surface area contributed by atoms with Gasteiger partial charge in [-0.05, 0) is 42.8 Å². The monoisotopic (exact) mass is 446 g/mol. The summed E-state index contributed by atoms with van der Waals surface area (Å²) in [5.74, 6) is 0.160. The second-order valence-corrected chi connectivity index (χ2v) is 6.82. The fourth-order valence-electron chi connectivity index (χ4n) is 2.61. The molecule has 0 saturated heterocycles. The lowest BCUT2D eigenvalue weighted by atomic mass is 10.2. The Labute approximate surface area is 187 Å². The number of nitrogens with zero attached hydrogens (tertiary/aromatic N) is 1. The summed E-state index contributed by atoms with van der Waals surface area (Å²) in [6.07, 6.45) is 2.23. The quantitative estimate of drug-likeness (QED) is 0.178. The van der Waals surface area contributed by atoms with Crippen molar-refractivity contribution in [1.29, 1.82) is 0 Å². The number of non-ortho nitro benzene ring substituents is 1. The Morgan fingerprint density at radius 1 is 0.906 bits per heavy atom. The Bertz CT molecular complexity index is 810. The van der Waals surface area contributed by atoms with Gasteiger partial charge in [0.15, 0.2) is 0 Å². The molecule has 2 rings (SSSR count). The average Bonchev–Trinajstić information content (AvgIpc) is 2.81. The number of nitro benzene ring substituents is 1. The number of hydrogen-bond donors (Lipinski definition) is 1. The topological polar surface area (TPSA) is 109 Å². The lowest BCUT2D eigenvalue weighted by Crippen LogP contribution is -2.14. The van der Waals surface area contributed by atoms with Gasteiger partial charge in [0.2, 0.25) is 0 Å². The van der Waals surface area contributed by atoms with Gasteiger partial charge in [0.05, 0.1) is 36.9 Å². The first kappa shape index (κ1) is 25.1. The highest BCUT2D eigenvalue weighted by Crippen LogP contribution is 2.17. The van der Waals surface area contributed by atoms with Crippen molar-refractivity contribution in [2.24, 2.45) is 0 Å². The van der Waals surface area contributed by atoms with Gasteiger partial charge >= 0.3 is 5.97 Å². The van der Waals surface area contributed by atoms with Gasteiger partial charge < -0.3 is 24.3 Å². The van der Waals surface area contributed by atoms with Gasteiger partial charge in [-0.3, -0.25) is 10.1 Å². The van der Waals surface area contributed by atoms with Crippen LogP contribution >= 0.6 is 0 Å². The summed E-state index contributed by atoms with van der Waals surface area (Å²) in [5.41, 5.74) is 1.50. The van der Waals surface area contributed by atoms with Gasteiger partial charge in [-0.2, -0.15) is 0 Å². The van der Waals surface area contributed by atoms with Gasteiger partial charge in [0.1, 0.15) is 19.0 Å². The molecular formula is C23H30N2O7. The number of rotatable bonds is 16. The van der Waals surface area contributed by atoms with E-state index in [9.17, 15) is 14.9 Å². The van der Waals surface area contributed by atoms with Gasteiger partial charge in [-0.1, -0.05) is 13.3 Å². The molecule has 0 atom stereocenters. The molecule has 0 unspecified atom stereocenters. The van der Waals surface area contributed by atoms with Crippen molar-refractivity contribution in [2.45, 2.75) is 19.8 Å². The molecule has 0 radical (unpaired) electrons. The summed E-state index contributed by atoms with van der Waals surface area (Å²) in [5, 5.41) is 13.9. The van der Waals surface area contributed by atoms with Crippen molar-refractivity contribution >= 4 is 17.3 Å². The Hall–Kier alpha value is -3.17. The van der Waals surface area contributed by atoms with E-state index in [1.165, 1.54) is 12.1 Å². The number of unbranched alkanes of at least 4 members (excludes halogenated alkanes) is 1. The Kier molecular flexibility index (Phi) is 11.6. The normalized spacial score (nSPS) is 10.5. The van der Waals surface area contributed by atoms with E-state index in [0.29, 0.717) is 37.7 Å². The molecule has 9 nitrogen and oxygen atoms in total. The van der Waals surface area contributed by atoms with E-state index in [4.69, 9.17) is 18.9 Å². The molecule has 0 amide bonds. The van der Waals surface area contributed by atoms with E-state index in [0.717, 1.165) is 25.1 Å². The summed E-state index contributed by atoms with van der Waals surface area (Å²) < 4.78 is 21.4. The molecule has 0 spiro atoms. The van der Waals surface area contributed by atoms with Crippen molar-refractivity contribution in [3.63, 3.8) is 0 Å². The standard InChI is InChI=1S/C23H30N2O7/c1-2-3-12-24-20-6-4-19(5-7-20)23(26)32-18-16-30-14-13-29-15-17-31-22-10-8-21(9-11-22)25(27)28/h4-11,24H,2-3,12-18H2,1H3. The van der Waals surface area contributed by atoms with Crippen LogP contribution in [0.2, 0.25) is 0 Å². The molecule has 0 bridgehead atoms. The molecule has 0 aromatic heterocycles. The second-order valence-electron chi connectivity index (χ2n) is 6.82. The Balaban J connectivity index is 1.46. The van der Waals surface area contributed by atoms with Crippen LogP contribution in [0.4, 0.5) is 11.4 Å². The highest BCUT2D eigenvalue weighted by Gasteiger charge is 2.07. The summed E-state index contributed by atoms with van der Waals surface area (Å²) in [7, 11) is 0. The maximum Gasteiger partial charge on any atom is 0.338 e. The molecule has 0 saturated carbocycles. The number of anilines is 1. The van der Waals surface area contributed by atoms with Crippen molar-refractivity contribution in [3.8, 4) is 5.75 Å². The van der Waals surface area contributed by atoms with E-state index in [2.05, 4.69) is 12.2 Å². The zero-order valence-corrected chi connectivity index (χ0v) is 18.3. The minimum Gasteiger partial charge on any atom is -0.491 e. The van der Waals surface area contributed by atoms with Crippen LogP contribution in [0, 0.1) is 10.1 Å². The molecule has 0 aliphatic rings. The number of hydrogen-bond acceptors (Lipinski definition) is 8. The van der Waals surface area contributed by atoms with Crippen LogP contribution in [0.3, 0.4) is 0 Å². The molecule has 1 N–H and O–H groups in total. The van der Waals surface area contributed by atoms with E-state index < -0.39 is 4.92 Å². The third-order valence-electron chi connectivity index (χ3n) is 4.36. The number of carbonyl (C=O) groups is 1. The van der Waals surface area contributed by atoms with Gasteiger partial charge in [0.25, 0.3) is 5.69 Å². The van der Waals surface area contributed by atoms with Crippen LogP contribution in [0.5, 0.6) is 5.75 Å². The first-order valence-electron chi connectivity index (χ1n) is 10.6. The maximum atomic E-state index is 12.0. The summed E-state index contributed by atoms with van der Waals surface area (Å²) >= 11 is 0. The van der Waals surface area contributed by atoms with Crippen LogP contribution in [0.15, 0.2) is 48.5 Å². The minimum atomic E-state index is -0.460. The Morgan fingerprint density at radius 2 is 1.53 bits per heavy atom. The Morgan fingerprint density at radius 3 is 2.16 bits per heavy atom. The highest BCUT2D eigenvalue weighted by molar-refractivity contribution is 5.89. The molecule has 2 aromatic rings. The molecule has 0 heterocycles. The van der Waals surface area contributed by atoms with Crippen molar-refractivity contribution < 1.29 is 28.7 Å². The first-order valence-corrected chi connectivity index (χ1v) is 10.6. The van der Waals surface area contributed by atoms with Gasteiger partial charge in [0, 0.05) is 24.4 Å². The second kappa shape index (κ2) is 14.8.